The van der Waals surface area contributed by atoms with E-state index in [2.05, 4.69) is 20.9 Å². The highest BCUT2D eigenvalue weighted by atomic mass is 127. The Morgan fingerprint density at radius 2 is 1.88 bits per heavy atom. The molecule has 1 aromatic carbocycles. The number of carbonyl (C=O) groups is 1. The standard InChI is InChI=1S/C24H30N4O4.HI/c1-5-25-23(27-15-24(4,30)20-13-16(2)32-17(20)3)26-14-18-8-10-19(11-9-18)28-22(29)21-7-6-12-31-21;/h6-13,30H,5,14-15H2,1-4H3,(H,28,29)(H2,25,26,27);1H. The fraction of sp³-hybridized carbons (Fsp3) is 0.333. The summed E-state index contributed by atoms with van der Waals surface area (Å²) >= 11 is 0. The number of aryl methyl sites for hydroxylation is 2. The third-order valence-corrected chi connectivity index (χ3v) is 4.94. The first-order chi connectivity index (χ1) is 15.3. The van der Waals surface area contributed by atoms with Gasteiger partial charge in [0.25, 0.3) is 5.91 Å². The molecule has 3 aromatic rings. The van der Waals surface area contributed by atoms with Crippen LogP contribution in [0.5, 0.6) is 0 Å². The van der Waals surface area contributed by atoms with Crippen LogP contribution in [0.2, 0.25) is 0 Å². The van der Waals surface area contributed by atoms with Crippen LogP contribution in [-0.2, 0) is 12.1 Å². The minimum absolute atomic E-state index is 0. The van der Waals surface area contributed by atoms with Crippen molar-refractivity contribution in [2.24, 2.45) is 4.99 Å². The average Bonchev–Trinajstić information content (AvgIpc) is 3.41. The maximum Gasteiger partial charge on any atom is 0.291 e. The molecule has 178 valence electrons. The SMILES string of the molecule is CCNC(=NCc1ccc(NC(=O)c2ccco2)cc1)NCC(C)(O)c1cc(C)oc1C.I. The molecule has 0 aliphatic carbocycles. The molecule has 0 bridgehead atoms. The molecule has 0 fully saturated rings. The Bertz CT molecular complexity index is 1060. The number of furan rings is 2. The third-order valence-electron chi connectivity index (χ3n) is 4.94. The first-order valence-corrected chi connectivity index (χ1v) is 10.5. The molecule has 0 spiro atoms. The maximum absolute atomic E-state index is 12.1. The lowest BCUT2D eigenvalue weighted by Gasteiger charge is -2.24. The molecule has 0 aliphatic heterocycles. The van der Waals surface area contributed by atoms with Gasteiger partial charge < -0.3 is 29.9 Å². The van der Waals surface area contributed by atoms with Crippen molar-refractivity contribution in [3.63, 3.8) is 0 Å². The summed E-state index contributed by atoms with van der Waals surface area (Å²) in [7, 11) is 0. The predicted molar refractivity (Wildman–Crippen MR) is 139 cm³/mol. The molecule has 2 heterocycles. The van der Waals surface area contributed by atoms with Crippen molar-refractivity contribution in [2.45, 2.75) is 39.8 Å². The van der Waals surface area contributed by atoms with Crippen molar-refractivity contribution >= 4 is 41.5 Å². The molecule has 33 heavy (non-hydrogen) atoms. The van der Waals surface area contributed by atoms with E-state index in [0.717, 1.165) is 16.9 Å². The van der Waals surface area contributed by atoms with Gasteiger partial charge in [-0.1, -0.05) is 12.1 Å². The van der Waals surface area contributed by atoms with Gasteiger partial charge in [0.05, 0.1) is 19.4 Å². The number of guanidine groups is 1. The smallest absolute Gasteiger partial charge is 0.291 e. The van der Waals surface area contributed by atoms with Crippen LogP contribution in [0.3, 0.4) is 0 Å². The first-order valence-electron chi connectivity index (χ1n) is 10.5. The molecule has 8 nitrogen and oxygen atoms in total. The minimum Gasteiger partial charge on any atom is -0.466 e. The molecule has 9 heteroatoms. The minimum atomic E-state index is -1.11. The Hall–Kier alpha value is -2.79. The van der Waals surface area contributed by atoms with Crippen molar-refractivity contribution in [1.82, 2.24) is 10.6 Å². The Morgan fingerprint density at radius 3 is 2.45 bits per heavy atom. The summed E-state index contributed by atoms with van der Waals surface area (Å²) in [5.74, 6) is 2.03. The molecule has 1 atom stereocenters. The van der Waals surface area contributed by atoms with Crippen LogP contribution in [0.1, 0.15) is 47.0 Å². The molecule has 4 N–H and O–H groups in total. The lowest BCUT2D eigenvalue weighted by molar-refractivity contribution is 0.0601. The van der Waals surface area contributed by atoms with E-state index >= 15 is 0 Å². The van der Waals surface area contributed by atoms with Gasteiger partial charge in [-0.2, -0.15) is 0 Å². The van der Waals surface area contributed by atoms with E-state index in [1.807, 2.05) is 51.1 Å². The maximum atomic E-state index is 12.1. The summed E-state index contributed by atoms with van der Waals surface area (Å²) < 4.78 is 10.6. The molecule has 0 saturated carbocycles. The van der Waals surface area contributed by atoms with Crippen LogP contribution >= 0.6 is 24.0 Å². The monoisotopic (exact) mass is 566 g/mol. The molecule has 3 rings (SSSR count). The summed E-state index contributed by atoms with van der Waals surface area (Å²) in [4.78, 5) is 16.7. The topological polar surface area (TPSA) is 112 Å². The predicted octanol–water partition coefficient (Wildman–Crippen LogP) is 4.32. The van der Waals surface area contributed by atoms with Gasteiger partial charge in [-0.25, -0.2) is 4.99 Å². The Kier molecular flexibility index (Phi) is 9.54. The fourth-order valence-corrected chi connectivity index (χ4v) is 3.32. The van der Waals surface area contributed by atoms with Crippen LogP contribution in [0, 0.1) is 13.8 Å². The number of amides is 1. The number of aliphatic imine (C=N–C) groups is 1. The van der Waals surface area contributed by atoms with E-state index in [-0.39, 0.29) is 42.2 Å². The van der Waals surface area contributed by atoms with Gasteiger partial charge in [0, 0.05) is 17.8 Å². The van der Waals surface area contributed by atoms with Gasteiger partial charge in [-0.15, -0.1) is 24.0 Å². The lowest BCUT2D eigenvalue weighted by atomic mass is 9.96. The van der Waals surface area contributed by atoms with Crippen molar-refractivity contribution in [3.8, 4) is 0 Å². The van der Waals surface area contributed by atoms with Gasteiger partial charge in [0.2, 0.25) is 0 Å². The van der Waals surface area contributed by atoms with E-state index in [0.29, 0.717) is 30.5 Å². The van der Waals surface area contributed by atoms with Gasteiger partial charge in [0.15, 0.2) is 11.7 Å². The highest BCUT2D eigenvalue weighted by Crippen LogP contribution is 2.26. The van der Waals surface area contributed by atoms with Crippen molar-refractivity contribution in [3.05, 3.63) is 77.1 Å². The summed E-state index contributed by atoms with van der Waals surface area (Å²) in [5.41, 5.74) is 1.30. The van der Waals surface area contributed by atoms with Crippen LogP contribution < -0.4 is 16.0 Å². The normalized spacial score (nSPS) is 13.1. The Morgan fingerprint density at radius 1 is 1.15 bits per heavy atom. The number of nitrogens with one attached hydrogen (secondary N) is 3. The fourth-order valence-electron chi connectivity index (χ4n) is 3.32. The third kappa shape index (κ3) is 7.36. The van der Waals surface area contributed by atoms with E-state index < -0.39 is 5.60 Å². The molecule has 0 radical (unpaired) electrons. The van der Waals surface area contributed by atoms with E-state index in [1.165, 1.54) is 6.26 Å². The van der Waals surface area contributed by atoms with Crippen molar-refractivity contribution in [2.75, 3.05) is 18.4 Å². The van der Waals surface area contributed by atoms with E-state index in [9.17, 15) is 9.90 Å². The van der Waals surface area contributed by atoms with Crippen LogP contribution in [0.15, 0.2) is 62.6 Å². The second-order valence-electron chi connectivity index (χ2n) is 7.78. The molecule has 1 unspecified atom stereocenters. The summed E-state index contributed by atoms with van der Waals surface area (Å²) in [6.07, 6.45) is 1.46. The number of rotatable bonds is 8. The van der Waals surface area contributed by atoms with Gasteiger partial charge in [0.1, 0.15) is 17.1 Å². The molecule has 0 saturated heterocycles. The summed E-state index contributed by atoms with van der Waals surface area (Å²) in [5, 5.41) is 20.1. The zero-order chi connectivity index (χ0) is 23.1. The molecule has 1 amide bonds. The zero-order valence-corrected chi connectivity index (χ0v) is 21.6. The number of carbonyl (C=O) groups excluding carboxylic acids is 1. The lowest BCUT2D eigenvalue weighted by Crippen LogP contribution is -2.44. The van der Waals surface area contributed by atoms with Crippen LogP contribution in [-0.4, -0.2) is 30.1 Å². The number of hydrogen-bond donors (Lipinski definition) is 4. The van der Waals surface area contributed by atoms with Crippen molar-refractivity contribution in [1.29, 1.82) is 0 Å². The van der Waals surface area contributed by atoms with Crippen LogP contribution in [0.25, 0.3) is 0 Å². The van der Waals surface area contributed by atoms with Gasteiger partial charge in [-0.3, -0.25) is 4.79 Å². The molecular formula is C24H31IN4O4. The van der Waals surface area contributed by atoms with Crippen LogP contribution in [0.4, 0.5) is 5.69 Å². The van der Waals surface area contributed by atoms with Gasteiger partial charge in [-0.05, 0) is 63.6 Å². The second kappa shape index (κ2) is 11.9. The molecule has 2 aromatic heterocycles. The number of anilines is 1. The number of halogens is 1. The summed E-state index contributed by atoms with van der Waals surface area (Å²) in [6, 6.07) is 12.6. The second-order valence-corrected chi connectivity index (χ2v) is 7.78. The molecular weight excluding hydrogens is 535 g/mol. The zero-order valence-electron chi connectivity index (χ0n) is 19.3. The largest absolute Gasteiger partial charge is 0.466 e. The number of hydrogen-bond acceptors (Lipinski definition) is 5. The van der Waals surface area contributed by atoms with E-state index in [1.54, 1.807) is 19.1 Å². The highest BCUT2D eigenvalue weighted by Gasteiger charge is 2.27. The van der Waals surface area contributed by atoms with Crippen molar-refractivity contribution < 1.29 is 18.7 Å². The number of benzene rings is 1. The van der Waals surface area contributed by atoms with Gasteiger partial charge >= 0.3 is 0 Å². The first kappa shape index (κ1) is 26.5. The summed E-state index contributed by atoms with van der Waals surface area (Å²) in [6.45, 7) is 8.84. The average molecular weight is 566 g/mol. The Balaban J connectivity index is 0.00000385. The highest BCUT2D eigenvalue weighted by molar-refractivity contribution is 14.0. The number of aliphatic hydroxyl groups is 1. The number of nitrogens with zero attached hydrogens (tertiary/aromatic N) is 1. The molecule has 0 aliphatic rings. The Labute approximate surface area is 210 Å². The van der Waals surface area contributed by atoms with E-state index in [4.69, 9.17) is 8.83 Å². The quantitative estimate of drug-likeness (QED) is 0.184.